The summed E-state index contributed by atoms with van der Waals surface area (Å²) in [6, 6.07) is 2.12. The maximum absolute atomic E-state index is 5.54. The van der Waals surface area contributed by atoms with Crippen molar-refractivity contribution < 1.29 is 4.74 Å². The van der Waals surface area contributed by atoms with Gasteiger partial charge in [0.1, 0.15) is 5.75 Å². The summed E-state index contributed by atoms with van der Waals surface area (Å²) in [5, 5.41) is 0. The van der Waals surface area contributed by atoms with Crippen molar-refractivity contribution in [2.24, 2.45) is 0 Å². The molecule has 1 nitrogen and oxygen atoms in total. The molecule has 1 unspecified atom stereocenters. The molecule has 0 aromatic heterocycles. The molecular weight excluding hydrogens is 332 g/mol. The zero-order chi connectivity index (χ0) is 12.1. The van der Waals surface area contributed by atoms with Gasteiger partial charge in [0.25, 0.3) is 0 Å². The van der Waals surface area contributed by atoms with Crippen LogP contribution in [-0.2, 0) is 5.41 Å². The molecule has 0 aliphatic heterocycles. The molecule has 0 radical (unpaired) electrons. The molecule has 1 aliphatic rings. The summed E-state index contributed by atoms with van der Waals surface area (Å²) < 4.78 is 6.75. The first-order valence-corrected chi connectivity index (χ1v) is 7.11. The number of hydrogen-bond acceptors (Lipinski definition) is 1. The van der Waals surface area contributed by atoms with Gasteiger partial charge in [0.05, 0.1) is 7.11 Å². The van der Waals surface area contributed by atoms with Crippen LogP contribution in [0.1, 0.15) is 41.8 Å². The molecular formula is C13H16Br2O. The van der Waals surface area contributed by atoms with Gasteiger partial charge in [-0.3, -0.25) is 0 Å². The van der Waals surface area contributed by atoms with Crippen LogP contribution >= 0.6 is 31.9 Å². The predicted molar refractivity (Wildman–Crippen MR) is 74.7 cm³/mol. The van der Waals surface area contributed by atoms with E-state index in [1.54, 1.807) is 7.11 Å². The Hall–Kier alpha value is -0.0200. The van der Waals surface area contributed by atoms with Crippen LogP contribution in [-0.4, -0.2) is 7.11 Å². The highest BCUT2D eigenvalue weighted by Gasteiger charge is 2.40. The zero-order valence-corrected chi connectivity index (χ0v) is 13.2. The Morgan fingerprint density at radius 2 is 2.06 bits per heavy atom. The summed E-state index contributed by atoms with van der Waals surface area (Å²) in [4.78, 5) is 0.417. The first kappa shape index (κ1) is 12.4. The van der Waals surface area contributed by atoms with Gasteiger partial charge in [0.15, 0.2) is 0 Å². The maximum atomic E-state index is 5.54. The topological polar surface area (TPSA) is 9.23 Å². The number of aryl methyl sites for hydroxylation is 1. The van der Waals surface area contributed by atoms with Crippen molar-refractivity contribution in [3.05, 3.63) is 27.2 Å². The molecule has 0 amide bonds. The summed E-state index contributed by atoms with van der Waals surface area (Å²) >= 11 is 7.48. The van der Waals surface area contributed by atoms with Crippen molar-refractivity contribution in [2.75, 3.05) is 7.11 Å². The number of rotatable bonds is 1. The van der Waals surface area contributed by atoms with Crippen molar-refractivity contribution in [2.45, 2.75) is 37.4 Å². The fourth-order valence-electron chi connectivity index (χ4n) is 2.59. The largest absolute Gasteiger partial charge is 0.496 e. The van der Waals surface area contributed by atoms with E-state index < -0.39 is 0 Å². The molecule has 1 aromatic rings. The van der Waals surface area contributed by atoms with E-state index in [1.807, 2.05) is 0 Å². The molecule has 0 fully saturated rings. The average Bonchev–Trinajstić information content (AvgIpc) is 2.43. The highest BCUT2D eigenvalue weighted by Crippen LogP contribution is 2.55. The number of alkyl halides is 1. The Bertz CT molecular complexity index is 438. The monoisotopic (exact) mass is 346 g/mol. The lowest BCUT2D eigenvalue weighted by atomic mass is 9.85. The zero-order valence-electron chi connectivity index (χ0n) is 10.0. The van der Waals surface area contributed by atoms with Gasteiger partial charge in [0, 0.05) is 14.9 Å². The fraction of sp³-hybridized carbons (Fsp3) is 0.538. The molecule has 0 spiro atoms. The lowest BCUT2D eigenvalue weighted by Gasteiger charge is -2.22. The fourth-order valence-corrected chi connectivity index (χ4v) is 4.76. The average molecular weight is 348 g/mol. The van der Waals surface area contributed by atoms with E-state index in [-0.39, 0.29) is 5.41 Å². The van der Waals surface area contributed by atoms with E-state index in [4.69, 9.17) is 4.74 Å². The van der Waals surface area contributed by atoms with Crippen LogP contribution in [0.3, 0.4) is 0 Å². The molecule has 1 atom stereocenters. The Labute approximate surface area is 114 Å². The van der Waals surface area contributed by atoms with Crippen molar-refractivity contribution in [1.82, 2.24) is 0 Å². The molecule has 88 valence electrons. The number of halogens is 2. The normalized spacial score (nSPS) is 22.0. The van der Waals surface area contributed by atoms with E-state index in [9.17, 15) is 0 Å². The summed E-state index contributed by atoms with van der Waals surface area (Å²) in [7, 11) is 1.75. The second-order valence-electron chi connectivity index (χ2n) is 5.05. The van der Waals surface area contributed by atoms with Gasteiger partial charge in [0.2, 0.25) is 0 Å². The van der Waals surface area contributed by atoms with E-state index in [2.05, 4.69) is 58.7 Å². The minimum atomic E-state index is 0.172. The molecule has 0 heterocycles. The molecule has 0 N–H and O–H groups in total. The van der Waals surface area contributed by atoms with Gasteiger partial charge in [-0.05, 0) is 36.0 Å². The molecule has 0 bridgehead atoms. The highest BCUT2D eigenvalue weighted by molar-refractivity contribution is 9.11. The summed E-state index contributed by atoms with van der Waals surface area (Å²) in [6.07, 6.45) is 1.11. The van der Waals surface area contributed by atoms with Crippen LogP contribution in [0.5, 0.6) is 5.75 Å². The molecule has 1 aliphatic carbocycles. The van der Waals surface area contributed by atoms with Crippen LogP contribution < -0.4 is 4.74 Å². The van der Waals surface area contributed by atoms with Crippen molar-refractivity contribution in [3.63, 3.8) is 0 Å². The third-order valence-corrected chi connectivity index (χ3v) is 5.18. The van der Waals surface area contributed by atoms with Gasteiger partial charge >= 0.3 is 0 Å². The number of benzene rings is 1. The van der Waals surface area contributed by atoms with E-state index >= 15 is 0 Å². The van der Waals surface area contributed by atoms with Gasteiger partial charge in [-0.25, -0.2) is 0 Å². The Balaban J connectivity index is 2.77. The molecule has 16 heavy (non-hydrogen) atoms. The SMILES string of the molecule is COc1cc(C)c(Br)c2c1C(C)(C)CC2Br. The molecule has 1 aromatic carbocycles. The Morgan fingerprint density at radius 3 is 2.62 bits per heavy atom. The third kappa shape index (κ3) is 1.72. The van der Waals surface area contributed by atoms with Gasteiger partial charge in [-0.1, -0.05) is 45.7 Å². The van der Waals surface area contributed by atoms with Crippen LogP contribution in [0.4, 0.5) is 0 Å². The summed E-state index contributed by atoms with van der Waals surface area (Å²) in [5.41, 5.74) is 4.11. The van der Waals surface area contributed by atoms with Crippen LogP contribution in [0, 0.1) is 6.92 Å². The van der Waals surface area contributed by atoms with Gasteiger partial charge < -0.3 is 4.74 Å². The van der Waals surface area contributed by atoms with Crippen molar-refractivity contribution in [1.29, 1.82) is 0 Å². The van der Waals surface area contributed by atoms with Crippen LogP contribution in [0.15, 0.2) is 10.5 Å². The van der Waals surface area contributed by atoms with Crippen molar-refractivity contribution >= 4 is 31.9 Å². The van der Waals surface area contributed by atoms with E-state index in [1.165, 1.54) is 21.2 Å². The van der Waals surface area contributed by atoms with E-state index in [0.717, 1.165) is 12.2 Å². The highest BCUT2D eigenvalue weighted by atomic mass is 79.9. The lowest BCUT2D eigenvalue weighted by molar-refractivity contribution is 0.394. The number of methoxy groups -OCH3 is 1. The standard InChI is InChI=1S/C13H16Br2O/c1-7-5-9(16-4)11-10(12(7)15)8(14)6-13(11,2)3/h5,8H,6H2,1-4H3. The quantitative estimate of drug-likeness (QED) is 0.657. The number of ether oxygens (including phenoxy) is 1. The van der Waals surface area contributed by atoms with Crippen LogP contribution in [0.2, 0.25) is 0 Å². The van der Waals surface area contributed by atoms with Gasteiger partial charge in [-0.2, -0.15) is 0 Å². The summed E-state index contributed by atoms with van der Waals surface area (Å²) in [5.74, 6) is 1.02. The molecule has 2 rings (SSSR count). The van der Waals surface area contributed by atoms with Crippen molar-refractivity contribution in [3.8, 4) is 5.75 Å². The van der Waals surface area contributed by atoms with Gasteiger partial charge in [-0.15, -0.1) is 0 Å². The first-order chi connectivity index (χ1) is 7.38. The smallest absolute Gasteiger partial charge is 0.123 e. The van der Waals surface area contributed by atoms with E-state index in [0.29, 0.717) is 4.83 Å². The minimum Gasteiger partial charge on any atom is -0.496 e. The Kier molecular flexibility index (Phi) is 3.13. The second kappa shape index (κ2) is 4.02. The Morgan fingerprint density at radius 1 is 1.44 bits per heavy atom. The summed E-state index contributed by atoms with van der Waals surface area (Å²) in [6.45, 7) is 6.66. The third-order valence-electron chi connectivity index (χ3n) is 3.35. The molecule has 0 saturated heterocycles. The number of fused-ring (bicyclic) bond motifs is 1. The lowest BCUT2D eigenvalue weighted by Crippen LogP contribution is -2.13. The predicted octanol–water partition coefficient (Wildman–Crippen LogP) is 4.88. The molecule has 0 saturated carbocycles. The maximum Gasteiger partial charge on any atom is 0.123 e. The second-order valence-corrected chi connectivity index (χ2v) is 6.95. The molecule has 3 heteroatoms. The number of hydrogen-bond donors (Lipinski definition) is 0. The van der Waals surface area contributed by atoms with Crippen LogP contribution in [0.25, 0.3) is 0 Å². The minimum absolute atomic E-state index is 0.172. The first-order valence-electron chi connectivity index (χ1n) is 5.40.